The number of nitrogens with one attached hydrogen (secondary N) is 1. The summed E-state index contributed by atoms with van der Waals surface area (Å²) in [7, 11) is 0. The molecule has 0 amide bonds. The molecule has 0 aliphatic rings. The molecule has 0 saturated heterocycles. The molecule has 7 heteroatoms. The number of rotatable bonds is 5. The smallest absolute Gasteiger partial charge is 0.215 e. The second kappa shape index (κ2) is 6.31. The number of carbonyl (C=O) groups excluding carboxylic acids is 1. The molecule has 0 atom stereocenters. The topological polar surface area (TPSA) is 91.8 Å². The van der Waals surface area contributed by atoms with E-state index in [4.69, 9.17) is 0 Å². The van der Waals surface area contributed by atoms with Crippen molar-refractivity contribution in [3.8, 4) is 0 Å². The van der Waals surface area contributed by atoms with Gasteiger partial charge in [-0.2, -0.15) is 5.10 Å². The Labute approximate surface area is 130 Å². The van der Waals surface area contributed by atoms with E-state index in [9.17, 15) is 9.90 Å². The first-order chi connectivity index (χ1) is 10.7. The number of aromatic nitrogens is 4. The Kier molecular flexibility index (Phi) is 4.06. The van der Waals surface area contributed by atoms with Crippen molar-refractivity contribution in [2.75, 3.05) is 0 Å². The fourth-order valence-electron chi connectivity index (χ4n) is 1.89. The van der Waals surface area contributed by atoms with Crippen LogP contribution in [0.1, 0.15) is 26.8 Å². The summed E-state index contributed by atoms with van der Waals surface area (Å²) in [5, 5.41) is 17.7. The second-order valence-electron chi connectivity index (χ2n) is 4.52. The first kappa shape index (κ1) is 14.2. The maximum absolute atomic E-state index is 12.1. The summed E-state index contributed by atoms with van der Waals surface area (Å²) in [6.07, 6.45) is 4.87. The van der Waals surface area contributed by atoms with Crippen LogP contribution < -0.4 is 0 Å². The van der Waals surface area contributed by atoms with Crippen molar-refractivity contribution in [3.05, 3.63) is 70.2 Å². The minimum absolute atomic E-state index is 0.0947. The third-order valence-corrected chi connectivity index (χ3v) is 3.87. The summed E-state index contributed by atoms with van der Waals surface area (Å²) < 4.78 is 0. The van der Waals surface area contributed by atoms with Crippen LogP contribution in [0.15, 0.2) is 48.2 Å². The molecular weight excluding hydrogens is 300 g/mol. The number of aliphatic hydroxyl groups excluding tert-OH is 1. The highest BCUT2D eigenvalue weighted by atomic mass is 32.1. The van der Waals surface area contributed by atoms with E-state index in [2.05, 4.69) is 20.2 Å². The summed E-state index contributed by atoms with van der Waals surface area (Å²) >= 11 is 1.49. The highest BCUT2D eigenvalue weighted by molar-refractivity contribution is 7.10. The number of ketones is 1. The van der Waals surface area contributed by atoms with E-state index < -0.39 is 0 Å². The van der Waals surface area contributed by atoms with Crippen LogP contribution in [0.5, 0.6) is 0 Å². The van der Waals surface area contributed by atoms with Gasteiger partial charge in [0.2, 0.25) is 5.82 Å². The van der Waals surface area contributed by atoms with E-state index in [0.717, 1.165) is 16.6 Å². The molecule has 0 bridgehead atoms. The molecule has 3 rings (SSSR count). The Morgan fingerprint density at radius 2 is 2.27 bits per heavy atom. The molecule has 3 aromatic heterocycles. The van der Waals surface area contributed by atoms with E-state index >= 15 is 0 Å². The van der Waals surface area contributed by atoms with Crippen molar-refractivity contribution in [2.24, 2.45) is 0 Å². The van der Waals surface area contributed by atoms with Gasteiger partial charge in [0.1, 0.15) is 6.33 Å². The standard InChI is InChI=1S/C15H12N4O2S/c20-13(7-14(21)15-17-9-18-19-15)10-5-12(22-8-10)6-11-3-1-2-4-16-11/h1-5,7-9,21H,6H2,(H,17,18,19). The quantitative estimate of drug-likeness (QED) is 0.429. The lowest BCUT2D eigenvalue weighted by Gasteiger charge is -1.96. The second-order valence-corrected chi connectivity index (χ2v) is 5.51. The fourth-order valence-corrected chi connectivity index (χ4v) is 2.78. The van der Waals surface area contributed by atoms with Crippen LogP contribution >= 0.6 is 11.3 Å². The number of thiophene rings is 1. The van der Waals surface area contributed by atoms with Gasteiger partial charge in [-0.3, -0.25) is 14.9 Å². The number of pyridine rings is 1. The number of H-pyrrole nitrogens is 1. The Bertz CT molecular complexity index is 794. The average Bonchev–Trinajstić information content (AvgIpc) is 3.19. The van der Waals surface area contributed by atoms with Crippen molar-refractivity contribution in [3.63, 3.8) is 0 Å². The van der Waals surface area contributed by atoms with Gasteiger partial charge in [0.05, 0.1) is 0 Å². The van der Waals surface area contributed by atoms with Crippen molar-refractivity contribution in [1.82, 2.24) is 20.2 Å². The van der Waals surface area contributed by atoms with E-state index in [0.29, 0.717) is 12.0 Å². The third kappa shape index (κ3) is 3.26. The molecule has 0 unspecified atom stereocenters. The first-order valence-electron chi connectivity index (χ1n) is 6.51. The van der Waals surface area contributed by atoms with Crippen LogP contribution in [0.25, 0.3) is 5.76 Å². The Balaban J connectivity index is 1.73. The largest absolute Gasteiger partial charge is 0.504 e. The zero-order chi connectivity index (χ0) is 15.4. The van der Waals surface area contributed by atoms with Gasteiger partial charge in [-0.1, -0.05) is 6.07 Å². The van der Waals surface area contributed by atoms with E-state index in [-0.39, 0.29) is 17.4 Å². The predicted octanol–water partition coefficient (Wildman–Crippen LogP) is 2.63. The SMILES string of the molecule is O=C(C=C(O)c1nc[nH]n1)c1csc(Cc2ccccn2)c1. The third-order valence-electron chi connectivity index (χ3n) is 2.93. The first-order valence-corrected chi connectivity index (χ1v) is 7.39. The minimum Gasteiger partial charge on any atom is -0.504 e. The van der Waals surface area contributed by atoms with Crippen LogP contribution in [0, 0.1) is 0 Å². The molecule has 22 heavy (non-hydrogen) atoms. The number of aliphatic hydroxyl groups is 1. The van der Waals surface area contributed by atoms with Gasteiger partial charge in [0, 0.05) is 40.2 Å². The normalized spacial score (nSPS) is 11.5. The average molecular weight is 312 g/mol. The van der Waals surface area contributed by atoms with Crippen LogP contribution in [0.3, 0.4) is 0 Å². The molecule has 6 nitrogen and oxygen atoms in total. The lowest BCUT2D eigenvalue weighted by Crippen LogP contribution is -1.96. The van der Waals surface area contributed by atoms with E-state index in [1.54, 1.807) is 11.6 Å². The molecule has 2 N–H and O–H groups in total. The molecule has 0 aromatic carbocycles. The highest BCUT2D eigenvalue weighted by Crippen LogP contribution is 2.19. The highest BCUT2D eigenvalue weighted by Gasteiger charge is 2.11. The predicted molar refractivity (Wildman–Crippen MR) is 82.7 cm³/mol. The van der Waals surface area contributed by atoms with Crippen molar-refractivity contribution in [1.29, 1.82) is 0 Å². The Morgan fingerprint density at radius 3 is 3.00 bits per heavy atom. The summed E-state index contributed by atoms with van der Waals surface area (Å²) in [6.45, 7) is 0. The minimum atomic E-state index is -0.286. The van der Waals surface area contributed by atoms with Gasteiger partial charge >= 0.3 is 0 Å². The zero-order valence-corrected chi connectivity index (χ0v) is 12.2. The van der Waals surface area contributed by atoms with Crippen molar-refractivity contribution >= 4 is 22.9 Å². The molecule has 0 saturated carbocycles. The maximum Gasteiger partial charge on any atom is 0.215 e. The van der Waals surface area contributed by atoms with Gasteiger partial charge < -0.3 is 5.11 Å². The molecule has 0 spiro atoms. The number of allylic oxidation sites excluding steroid dienone is 1. The molecule has 3 aromatic rings. The van der Waals surface area contributed by atoms with Crippen molar-refractivity contribution < 1.29 is 9.90 Å². The van der Waals surface area contributed by atoms with Gasteiger partial charge in [-0.25, -0.2) is 4.98 Å². The number of nitrogens with zero attached hydrogens (tertiary/aromatic N) is 3. The number of hydrogen-bond donors (Lipinski definition) is 2. The van der Waals surface area contributed by atoms with Crippen LogP contribution in [-0.4, -0.2) is 31.1 Å². The maximum atomic E-state index is 12.1. The molecule has 0 radical (unpaired) electrons. The van der Waals surface area contributed by atoms with Crippen LogP contribution in [-0.2, 0) is 6.42 Å². The van der Waals surface area contributed by atoms with Crippen LogP contribution in [0.2, 0.25) is 0 Å². The molecule has 0 aliphatic carbocycles. The van der Waals surface area contributed by atoms with Gasteiger partial charge in [-0.05, 0) is 18.2 Å². The summed E-state index contributed by atoms with van der Waals surface area (Å²) in [6, 6.07) is 7.54. The monoisotopic (exact) mass is 312 g/mol. The van der Waals surface area contributed by atoms with Crippen LogP contribution in [0.4, 0.5) is 0 Å². The summed E-state index contributed by atoms with van der Waals surface area (Å²) in [5.41, 5.74) is 1.47. The van der Waals surface area contributed by atoms with E-state index in [1.165, 1.54) is 17.7 Å². The lowest BCUT2D eigenvalue weighted by atomic mass is 10.1. The van der Waals surface area contributed by atoms with E-state index in [1.807, 2.05) is 24.3 Å². The summed E-state index contributed by atoms with van der Waals surface area (Å²) in [4.78, 5) is 21.2. The Morgan fingerprint density at radius 1 is 1.36 bits per heavy atom. The molecule has 0 fully saturated rings. The lowest BCUT2D eigenvalue weighted by molar-refractivity contribution is 0.104. The summed E-state index contributed by atoms with van der Waals surface area (Å²) in [5.74, 6) is -0.452. The Hall–Kier alpha value is -2.80. The fraction of sp³-hybridized carbons (Fsp3) is 0.0667. The molecule has 0 aliphatic heterocycles. The molecular formula is C15H12N4O2S. The van der Waals surface area contributed by atoms with Gasteiger partial charge in [0.25, 0.3) is 0 Å². The van der Waals surface area contributed by atoms with Crippen molar-refractivity contribution in [2.45, 2.75) is 6.42 Å². The van der Waals surface area contributed by atoms with Gasteiger partial charge in [0.15, 0.2) is 11.5 Å². The molecule has 3 heterocycles. The number of carbonyl (C=O) groups is 1. The number of hydrogen-bond acceptors (Lipinski definition) is 6. The number of aromatic amines is 1. The van der Waals surface area contributed by atoms with Gasteiger partial charge in [-0.15, -0.1) is 11.3 Å². The zero-order valence-electron chi connectivity index (χ0n) is 11.4. The molecule has 110 valence electrons.